The largest absolute Gasteiger partial charge is 0.395 e. The molecule has 0 aromatic heterocycles. The summed E-state index contributed by atoms with van der Waals surface area (Å²) in [6.45, 7) is 0.982. The number of ether oxygens (including phenoxy) is 1. The molecule has 0 aliphatic heterocycles. The van der Waals surface area contributed by atoms with E-state index in [2.05, 4.69) is 0 Å². The molecule has 0 aromatic rings. The monoisotopic (exact) mass is 201 g/mol. The van der Waals surface area contributed by atoms with Crippen LogP contribution in [0.25, 0.3) is 0 Å². The quantitative estimate of drug-likeness (QED) is 0.676. The maximum Gasteiger partial charge on any atom is 0.225 e. The van der Waals surface area contributed by atoms with Crippen LogP contribution in [0.1, 0.15) is 25.7 Å². The molecule has 0 radical (unpaired) electrons. The van der Waals surface area contributed by atoms with E-state index in [1.165, 1.54) is 6.42 Å². The normalized spacial score (nSPS) is 16.4. The fourth-order valence-corrected chi connectivity index (χ4v) is 1.65. The van der Waals surface area contributed by atoms with Gasteiger partial charge < -0.3 is 14.7 Å². The fraction of sp³-hybridized carbons (Fsp3) is 0.900. The highest BCUT2D eigenvalue weighted by Crippen LogP contribution is 2.24. The second-order valence-corrected chi connectivity index (χ2v) is 3.64. The molecule has 4 nitrogen and oxygen atoms in total. The molecule has 14 heavy (non-hydrogen) atoms. The summed E-state index contributed by atoms with van der Waals surface area (Å²) in [5.41, 5.74) is 0. The summed E-state index contributed by atoms with van der Waals surface area (Å²) in [4.78, 5) is 13.5. The maximum absolute atomic E-state index is 11.7. The molecule has 0 bridgehead atoms. The molecule has 82 valence electrons. The van der Waals surface area contributed by atoms with E-state index in [0.29, 0.717) is 25.6 Å². The Labute approximate surface area is 84.8 Å². The zero-order valence-corrected chi connectivity index (χ0v) is 8.74. The van der Waals surface area contributed by atoms with Gasteiger partial charge in [-0.1, -0.05) is 0 Å². The predicted octanol–water partition coefficient (Wildman–Crippen LogP) is 0.396. The van der Waals surface area contributed by atoms with Crippen molar-refractivity contribution in [2.45, 2.75) is 31.7 Å². The highest BCUT2D eigenvalue weighted by molar-refractivity contribution is 5.76. The molecule has 1 aliphatic rings. The number of methoxy groups -OCH3 is 1. The second kappa shape index (κ2) is 5.98. The number of amides is 1. The number of aliphatic hydroxyl groups excluding tert-OH is 1. The van der Waals surface area contributed by atoms with E-state index in [4.69, 9.17) is 9.84 Å². The van der Waals surface area contributed by atoms with Crippen LogP contribution in [0.15, 0.2) is 0 Å². The molecule has 0 saturated heterocycles. The van der Waals surface area contributed by atoms with E-state index in [1.54, 1.807) is 12.0 Å². The third-order valence-electron chi connectivity index (χ3n) is 2.70. The summed E-state index contributed by atoms with van der Waals surface area (Å²) in [7, 11) is 1.59. The van der Waals surface area contributed by atoms with Crippen molar-refractivity contribution in [2.24, 2.45) is 0 Å². The van der Waals surface area contributed by atoms with E-state index in [-0.39, 0.29) is 12.5 Å². The van der Waals surface area contributed by atoms with Gasteiger partial charge in [0.1, 0.15) is 0 Å². The number of carbonyl (C=O) groups is 1. The summed E-state index contributed by atoms with van der Waals surface area (Å²) in [5, 5.41) is 8.85. The second-order valence-electron chi connectivity index (χ2n) is 3.64. The lowest BCUT2D eigenvalue weighted by Gasteiger charge is -2.37. The minimum absolute atomic E-state index is 0.0508. The molecule has 0 unspecified atom stereocenters. The van der Waals surface area contributed by atoms with Crippen molar-refractivity contribution in [1.82, 2.24) is 4.90 Å². The van der Waals surface area contributed by atoms with Gasteiger partial charge in [0.15, 0.2) is 0 Å². The Morgan fingerprint density at radius 2 is 2.29 bits per heavy atom. The number of hydrogen-bond acceptors (Lipinski definition) is 3. The summed E-state index contributed by atoms with van der Waals surface area (Å²) in [6, 6.07) is 0.367. The van der Waals surface area contributed by atoms with E-state index >= 15 is 0 Å². The molecular formula is C10H19NO3. The SMILES string of the molecule is COCCC(=O)N(CCO)C1CCC1. The van der Waals surface area contributed by atoms with Crippen molar-refractivity contribution in [2.75, 3.05) is 26.9 Å². The number of rotatable bonds is 6. The molecular weight excluding hydrogens is 182 g/mol. The van der Waals surface area contributed by atoms with Crippen LogP contribution < -0.4 is 0 Å². The van der Waals surface area contributed by atoms with Crippen LogP contribution in [0.2, 0.25) is 0 Å². The molecule has 1 fully saturated rings. The van der Waals surface area contributed by atoms with Crippen LogP contribution in [0.3, 0.4) is 0 Å². The lowest BCUT2D eigenvalue weighted by molar-refractivity contribution is -0.136. The number of carbonyl (C=O) groups excluding carboxylic acids is 1. The number of nitrogens with zero attached hydrogens (tertiary/aromatic N) is 1. The minimum atomic E-state index is 0.0508. The zero-order valence-electron chi connectivity index (χ0n) is 8.74. The van der Waals surface area contributed by atoms with Gasteiger partial charge in [0.25, 0.3) is 0 Å². The molecule has 1 amide bonds. The van der Waals surface area contributed by atoms with Gasteiger partial charge in [-0.15, -0.1) is 0 Å². The van der Waals surface area contributed by atoms with Gasteiger partial charge in [-0.25, -0.2) is 0 Å². The highest BCUT2D eigenvalue weighted by Gasteiger charge is 2.27. The minimum Gasteiger partial charge on any atom is -0.395 e. The van der Waals surface area contributed by atoms with Gasteiger partial charge >= 0.3 is 0 Å². The van der Waals surface area contributed by atoms with E-state index < -0.39 is 0 Å². The first-order chi connectivity index (χ1) is 6.79. The van der Waals surface area contributed by atoms with Crippen molar-refractivity contribution in [3.8, 4) is 0 Å². The van der Waals surface area contributed by atoms with Crippen molar-refractivity contribution < 1.29 is 14.6 Å². The van der Waals surface area contributed by atoms with Crippen LogP contribution in [-0.2, 0) is 9.53 Å². The molecule has 0 heterocycles. The Hall–Kier alpha value is -0.610. The van der Waals surface area contributed by atoms with Crippen LogP contribution >= 0.6 is 0 Å². The van der Waals surface area contributed by atoms with Crippen molar-refractivity contribution in [3.63, 3.8) is 0 Å². The van der Waals surface area contributed by atoms with Gasteiger partial charge in [-0.05, 0) is 19.3 Å². The van der Waals surface area contributed by atoms with Crippen LogP contribution in [0.4, 0.5) is 0 Å². The molecule has 0 spiro atoms. The third kappa shape index (κ3) is 2.96. The molecule has 1 rings (SSSR count). The van der Waals surface area contributed by atoms with Gasteiger partial charge in [0.2, 0.25) is 5.91 Å². The Bertz CT molecular complexity index is 180. The summed E-state index contributed by atoms with van der Waals surface area (Å²) in [6.07, 6.45) is 3.79. The highest BCUT2D eigenvalue weighted by atomic mass is 16.5. The summed E-state index contributed by atoms with van der Waals surface area (Å²) in [5.74, 6) is 0.102. The average molecular weight is 201 g/mol. The standard InChI is InChI=1S/C10H19NO3/c1-14-8-5-10(13)11(6-7-12)9-3-2-4-9/h9,12H,2-8H2,1H3. The van der Waals surface area contributed by atoms with Crippen molar-refractivity contribution in [3.05, 3.63) is 0 Å². The van der Waals surface area contributed by atoms with Crippen LogP contribution in [0.5, 0.6) is 0 Å². The molecule has 1 aliphatic carbocycles. The maximum atomic E-state index is 11.7. The van der Waals surface area contributed by atoms with Crippen molar-refractivity contribution in [1.29, 1.82) is 0 Å². The summed E-state index contributed by atoms with van der Waals surface area (Å²) < 4.78 is 4.86. The lowest BCUT2D eigenvalue weighted by atomic mass is 9.91. The van der Waals surface area contributed by atoms with Crippen molar-refractivity contribution >= 4 is 5.91 Å². The number of hydrogen-bond donors (Lipinski definition) is 1. The molecule has 1 saturated carbocycles. The molecule has 0 aromatic carbocycles. The first kappa shape index (κ1) is 11.5. The fourth-order valence-electron chi connectivity index (χ4n) is 1.65. The topological polar surface area (TPSA) is 49.8 Å². The third-order valence-corrected chi connectivity index (χ3v) is 2.70. The average Bonchev–Trinajstić information content (AvgIpc) is 2.10. The smallest absolute Gasteiger partial charge is 0.225 e. The Morgan fingerprint density at radius 1 is 1.57 bits per heavy atom. The predicted molar refractivity (Wildman–Crippen MR) is 52.9 cm³/mol. The Balaban J connectivity index is 2.35. The van der Waals surface area contributed by atoms with E-state index in [1.807, 2.05) is 0 Å². The van der Waals surface area contributed by atoms with Gasteiger partial charge in [-0.2, -0.15) is 0 Å². The summed E-state index contributed by atoms with van der Waals surface area (Å²) >= 11 is 0. The first-order valence-electron chi connectivity index (χ1n) is 5.19. The molecule has 0 atom stereocenters. The van der Waals surface area contributed by atoms with Gasteiger partial charge in [0, 0.05) is 19.7 Å². The first-order valence-corrected chi connectivity index (χ1v) is 5.19. The van der Waals surface area contributed by atoms with E-state index in [0.717, 1.165) is 12.8 Å². The lowest BCUT2D eigenvalue weighted by Crippen LogP contribution is -2.45. The number of aliphatic hydroxyl groups is 1. The Kier molecular flexibility index (Phi) is 4.90. The Morgan fingerprint density at radius 3 is 2.71 bits per heavy atom. The van der Waals surface area contributed by atoms with E-state index in [9.17, 15) is 4.79 Å². The molecule has 4 heteroatoms. The van der Waals surface area contributed by atoms with Crippen LogP contribution in [-0.4, -0.2) is 48.8 Å². The van der Waals surface area contributed by atoms with Gasteiger partial charge in [0.05, 0.1) is 19.6 Å². The van der Waals surface area contributed by atoms with Crippen LogP contribution in [0, 0.1) is 0 Å². The molecule has 1 N–H and O–H groups in total. The zero-order chi connectivity index (χ0) is 10.4. The van der Waals surface area contributed by atoms with Gasteiger partial charge in [-0.3, -0.25) is 4.79 Å².